The molecule has 7 nitrogen and oxygen atoms in total. The lowest BCUT2D eigenvalue weighted by atomic mass is 10.2. The third-order valence-corrected chi connectivity index (χ3v) is 3.93. The van der Waals surface area contributed by atoms with E-state index in [-0.39, 0.29) is 38.0 Å². The summed E-state index contributed by atoms with van der Waals surface area (Å²) in [5.74, 6) is -0.647. The number of nitrogens with zero attached hydrogens (tertiary/aromatic N) is 2. The molecule has 0 amide bonds. The molecule has 1 heterocycles. The molecule has 0 saturated heterocycles. The molecule has 2 rings (SSSR count). The van der Waals surface area contributed by atoms with Gasteiger partial charge in [-0.1, -0.05) is 12.1 Å². The summed E-state index contributed by atoms with van der Waals surface area (Å²) < 4.78 is 9.23. The van der Waals surface area contributed by atoms with Gasteiger partial charge in [0.05, 0.1) is 32.6 Å². The number of hydrogen-bond donors (Lipinski definition) is 0. The van der Waals surface area contributed by atoms with Crippen LogP contribution in [0.3, 0.4) is 0 Å². The van der Waals surface area contributed by atoms with Crippen LogP contribution in [0.4, 0.5) is 11.4 Å². The van der Waals surface area contributed by atoms with E-state index < -0.39 is 4.65 Å². The fourth-order valence-corrected chi connectivity index (χ4v) is 2.85. The molecule has 0 bridgehead atoms. The number of ether oxygens (including phenoxy) is 2. The molecule has 0 N–H and O–H groups in total. The van der Waals surface area contributed by atoms with Gasteiger partial charge < -0.3 is 24.2 Å². The molecule has 1 aromatic carbocycles. The largest absolute Gasteiger partial charge is 0.626 e. The Bertz CT molecular complexity index is 592. The number of anilines is 1. The van der Waals surface area contributed by atoms with Crippen LogP contribution in [-0.4, -0.2) is 44.9 Å². The third-order valence-electron chi connectivity index (χ3n) is 3.93. The number of para-hydroxylation sites is 2. The molecule has 1 aliphatic rings. The molecule has 1 unspecified atom stereocenters. The molecule has 0 aromatic heterocycles. The maximum Gasteiger partial charge on any atom is 0.311 e. The van der Waals surface area contributed by atoms with E-state index in [0.29, 0.717) is 25.4 Å². The predicted molar refractivity (Wildman–Crippen MR) is 91.2 cm³/mol. The monoisotopic (exact) mass is 336 g/mol. The van der Waals surface area contributed by atoms with Crippen molar-refractivity contribution >= 4 is 23.3 Å². The Kier molecular flexibility index (Phi) is 6.16. The minimum Gasteiger partial charge on any atom is -0.626 e. The van der Waals surface area contributed by atoms with Crippen molar-refractivity contribution in [3.63, 3.8) is 0 Å². The molecular weight excluding hydrogens is 312 g/mol. The third kappa shape index (κ3) is 4.24. The first-order valence-corrected chi connectivity index (χ1v) is 8.24. The van der Waals surface area contributed by atoms with E-state index in [4.69, 9.17) is 9.47 Å². The Hall–Kier alpha value is -2.12. The highest BCUT2D eigenvalue weighted by molar-refractivity contribution is 5.77. The van der Waals surface area contributed by atoms with E-state index in [1.807, 2.05) is 23.1 Å². The second-order valence-electron chi connectivity index (χ2n) is 5.62. The van der Waals surface area contributed by atoms with E-state index in [1.165, 1.54) is 0 Å². The number of rotatable bonds is 8. The molecule has 1 aromatic rings. The highest BCUT2D eigenvalue weighted by Gasteiger charge is 2.36. The smallest absolute Gasteiger partial charge is 0.311 e. The van der Waals surface area contributed by atoms with Gasteiger partial charge in [-0.15, -0.1) is 0 Å². The van der Waals surface area contributed by atoms with Gasteiger partial charge in [0.2, 0.25) is 0 Å². The van der Waals surface area contributed by atoms with Gasteiger partial charge in [-0.05, 0) is 19.9 Å². The van der Waals surface area contributed by atoms with Gasteiger partial charge in [0.1, 0.15) is 5.69 Å². The molecule has 132 valence electrons. The van der Waals surface area contributed by atoms with Crippen molar-refractivity contribution in [1.29, 1.82) is 0 Å². The topological polar surface area (TPSA) is 78.9 Å². The predicted octanol–water partition coefficient (Wildman–Crippen LogP) is 2.18. The number of fused-ring (bicyclic) bond motifs is 1. The Morgan fingerprint density at radius 1 is 1.12 bits per heavy atom. The van der Waals surface area contributed by atoms with Gasteiger partial charge in [0.15, 0.2) is 12.4 Å². The summed E-state index contributed by atoms with van der Waals surface area (Å²) in [5.41, 5.74) is 1.42. The number of carbonyl (C=O) groups excluding carboxylic acids is 2. The highest BCUT2D eigenvalue weighted by Crippen LogP contribution is 2.40. The van der Waals surface area contributed by atoms with Crippen LogP contribution in [-0.2, 0) is 19.1 Å². The summed E-state index contributed by atoms with van der Waals surface area (Å²) in [7, 11) is 0. The van der Waals surface area contributed by atoms with E-state index in [9.17, 15) is 14.8 Å². The zero-order valence-corrected chi connectivity index (χ0v) is 14.2. The van der Waals surface area contributed by atoms with Crippen LogP contribution < -0.4 is 9.55 Å². The highest BCUT2D eigenvalue weighted by atomic mass is 16.6. The summed E-state index contributed by atoms with van der Waals surface area (Å²) in [4.78, 5) is 25.0. The summed E-state index contributed by atoms with van der Waals surface area (Å²) in [5, 5.41) is 13.2. The minimum atomic E-state index is -0.613. The fraction of sp³-hybridized carbons (Fsp3) is 0.529. The molecule has 7 heteroatoms. The van der Waals surface area contributed by atoms with Crippen molar-refractivity contribution in [3.05, 3.63) is 29.5 Å². The number of hydrogen-bond acceptors (Lipinski definition) is 6. The van der Waals surface area contributed by atoms with Gasteiger partial charge in [-0.25, -0.2) is 0 Å². The van der Waals surface area contributed by atoms with Crippen molar-refractivity contribution in [2.45, 2.75) is 26.7 Å². The molecular formula is C17H24N2O5. The second kappa shape index (κ2) is 8.12. The van der Waals surface area contributed by atoms with Crippen molar-refractivity contribution in [2.75, 3.05) is 37.9 Å². The van der Waals surface area contributed by atoms with Gasteiger partial charge in [0, 0.05) is 12.6 Å². The van der Waals surface area contributed by atoms with Crippen molar-refractivity contribution in [3.8, 4) is 0 Å². The van der Waals surface area contributed by atoms with Crippen LogP contribution in [0.25, 0.3) is 0 Å². The molecule has 24 heavy (non-hydrogen) atoms. The number of esters is 2. The van der Waals surface area contributed by atoms with Gasteiger partial charge in [0.25, 0.3) is 0 Å². The number of benzene rings is 1. The number of hydroxylamine groups is 2. The van der Waals surface area contributed by atoms with Crippen LogP contribution in [0.15, 0.2) is 24.3 Å². The van der Waals surface area contributed by atoms with E-state index in [2.05, 4.69) is 0 Å². The maximum absolute atomic E-state index is 13.2. The zero-order chi connectivity index (χ0) is 17.6. The molecule has 1 atom stereocenters. The molecule has 1 aliphatic heterocycles. The van der Waals surface area contributed by atoms with Gasteiger partial charge in [-0.2, -0.15) is 0 Å². The molecule has 0 spiro atoms. The Labute approximate surface area is 141 Å². The lowest BCUT2D eigenvalue weighted by Gasteiger charge is -2.38. The Balaban J connectivity index is 2.06. The first kappa shape index (κ1) is 18.2. The summed E-state index contributed by atoms with van der Waals surface area (Å²) in [6.45, 7) is 4.86. The quantitative estimate of drug-likeness (QED) is 0.411. The minimum absolute atomic E-state index is 0.0669. The molecule has 0 radical (unpaired) electrons. The SMILES string of the molecule is CCOC(=O)CCN1C[N+]([O-])(CCC(=O)OCC)c2ccccc21. The van der Waals surface area contributed by atoms with Crippen LogP contribution in [0.2, 0.25) is 0 Å². The van der Waals surface area contributed by atoms with Crippen LogP contribution in [0.5, 0.6) is 0 Å². The summed E-state index contributed by atoms with van der Waals surface area (Å²) in [6.07, 6.45) is 0.289. The maximum atomic E-state index is 13.2. The summed E-state index contributed by atoms with van der Waals surface area (Å²) in [6, 6.07) is 7.31. The van der Waals surface area contributed by atoms with Crippen LogP contribution in [0, 0.1) is 5.21 Å². The lowest BCUT2D eigenvalue weighted by molar-refractivity contribution is -0.143. The number of quaternary nitrogens is 1. The average molecular weight is 336 g/mol. The van der Waals surface area contributed by atoms with Crippen molar-refractivity contribution < 1.29 is 19.1 Å². The average Bonchev–Trinajstić information content (AvgIpc) is 2.85. The van der Waals surface area contributed by atoms with Gasteiger partial charge >= 0.3 is 11.9 Å². The summed E-state index contributed by atoms with van der Waals surface area (Å²) >= 11 is 0. The standard InChI is InChI=1S/C17H24N2O5/c1-3-23-16(20)9-11-18-13-19(22,12-10-17(21)24-4-2)15-8-6-5-7-14(15)18/h5-8H,3-4,9-13H2,1-2H3. The first-order valence-electron chi connectivity index (χ1n) is 8.24. The zero-order valence-electron chi connectivity index (χ0n) is 14.2. The van der Waals surface area contributed by atoms with E-state index in [0.717, 1.165) is 5.69 Å². The normalized spacial score (nSPS) is 19.0. The van der Waals surface area contributed by atoms with Crippen molar-refractivity contribution in [1.82, 2.24) is 4.65 Å². The van der Waals surface area contributed by atoms with Gasteiger partial charge in [-0.3, -0.25) is 9.59 Å². The molecule has 0 saturated carbocycles. The van der Waals surface area contributed by atoms with Crippen LogP contribution in [0.1, 0.15) is 26.7 Å². The second-order valence-corrected chi connectivity index (χ2v) is 5.62. The Morgan fingerprint density at radius 2 is 1.75 bits per heavy atom. The fourth-order valence-electron chi connectivity index (χ4n) is 2.85. The number of carbonyl (C=O) groups is 2. The first-order chi connectivity index (χ1) is 11.5. The Morgan fingerprint density at radius 3 is 2.42 bits per heavy atom. The van der Waals surface area contributed by atoms with E-state index in [1.54, 1.807) is 19.9 Å². The molecule has 0 aliphatic carbocycles. The van der Waals surface area contributed by atoms with Crippen molar-refractivity contribution in [2.24, 2.45) is 0 Å². The lowest BCUT2D eigenvalue weighted by Crippen LogP contribution is -2.47. The van der Waals surface area contributed by atoms with E-state index >= 15 is 0 Å². The molecule has 0 fully saturated rings. The van der Waals surface area contributed by atoms with Crippen LogP contribution >= 0.6 is 0 Å².